The lowest BCUT2D eigenvalue weighted by atomic mass is 10.1. The Morgan fingerprint density at radius 1 is 1.25 bits per heavy atom. The van der Waals surface area contributed by atoms with Crippen molar-refractivity contribution >= 4 is 0 Å². The normalized spacial score (nSPS) is 12.9. The summed E-state index contributed by atoms with van der Waals surface area (Å²) >= 11 is 0. The van der Waals surface area contributed by atoms with E-state index in [0.29, 0.717) is 6.04 Å². The van der Waals surface area contributed by atoms with Crippen LogP contribution in [-0.2, 0) is 0 Å². The topological polar surface area (TPSA) is 3.24 Å². The molecule has 0 aromatic rings. The highest BCUT2D eigenvalue weighted by Gasteiger charge is 2.16. The summed E-state index contributed by atoms with van der Waals surface area (Å²) in [7, 11) is 0. The lowest BCUT2D eigenvalue weighted by molar-refractivity contribution is 0.181. The molecular weight excluding hydrogens is 194 g/mol. The Kier molecular flexibility index (Phi) is 8.28. The largest absolute Gasteiger partial charge is 0.296 e. The molecule has 0 rings (SSSR count). The molecule has 0 bridgehead atoms. The monoisotopic (exact) mass is 223 g/mol. The highest BCUT2D eigenvalue weighted by molar-refractivity contribution is 5.17. The standard InChI is InChI=1S/C15H29N/c1-7-14(8-2)12-16(11-13(5)6)15(9-3)10-4/h7-8,13,15H,1,9-12H2,2-6H3/b14-8+. The zero-order valence-corrected chi connectivity index (χ0v) is 11.8. The zero-order valence-electron chi connectivity index (χ0n) is 11.8. The molecular formula is C15H29N. The fourth-order valence-electron chi connectivity index (χ4n) is 2.13. The summed E-state index contributed by atoms with van der Waals surface area (Å²) in [5.41, 5.74) is 1.34. The number of rotatable bonds is 8. The molecule has 0 fully saturated rings. The molecule has 0 amide bonds. The first kappa shape index (κ1) is 15.4. The fourth-order valence-corrected chi connectivity index (χ4v) is 2.13. The van der Waals surface area contributed by atoms with Gasteiger partial charge < -0.3 is 0 Å². The Hall–Kier alpha value is -0.560. The summed E-state index contributed by atoms with van der Waals surface area (Å²) in [4.78, 5) is 2.60. The summed E-state index contributed by atoms with van der Waals surface area (Å²) in [6.45, 7) is 17.3. The Bertz CT molecular complexity index is 211. The van der Waals surface area contributed by atoms with Gasteiger partial charge in [-0.1, -0.05) is 46.4 Å². The molecule has 94 valence electrons. The minimum absolute atomic E-state index is 0.706. The molecule has 0 heterocycles. The van der Waals surface area contributed by atoms with Gasteiger partial charge in [0.25, 0.3) is 0 Å². The smallest absolute Gasteiger partial charge is 0.0233 e. The summed E-state index contributed by atoms with van der Waals surface area (Å²) in [6.07, 6.45) is 6.62. The van der Waals surface area contributed by atoms with Crippen molar-refractivity contribution in [3.05, 3.63) is 24.3 Å². The molecule has 0 saturated carbocycles. The molecule has 0 saturated heterocycles. The van der Waals surface area contributed by atoms with Crippen LogP contribution < -0.4 is 0 Å². The Balaban J connectivity index is 4.58. The van der Waals surface area contributed by atoms with Gasteiger partial charge in [-0.3, -0.25) is 4.90 Å². The van der Waals surface area contributed by atoms with Crippen LogP contribution >= 0.6 is 0 Å². The predicted molar refractivity (Wildman–Crippen MR) is 74.7 cm³/mol. The SMILES string of the molecule is C=C/C(=C\C)CN(CC(C)C)C(CC)CC. The summed E-state index contributed by atoms with van der Waals surface area (Å²) in [5, 5.41) is 0. The fraction of sp³-hybridized carbons (Fsp3) is 0.733. The van der Waals surface area contributed by atoms with Gasteiger partial charge in [-0.05, 0) is 31.3 Å². The second-order valence-corrected chi connectivity index (χ2v) is 4.86. The number of hydrogen-bond donors (Lipinski definition) is 0. The second kappa shape index (κ2) is 8.58. The minimum Gasteiger partial charge on any atom is -0.296 e. The number of allylic oxidation sites excluding steroid dienone is 1. The van der Waals surface area contributed by atoms with E-state index in [4.69, 9.17) is 0 Å². The Morgan fingerprint density at radius 2 is 1.81 bits per heavy atom. The van der Waals surface area contributed by atoms with Crippen LogP contribution in [-0.4, -0.2) is 24.0 Å². The van der Waals surface area contributed by atoms with Crippen LogP contribution in [0.5, 0.6) is 0 Å². The molecule has 0 aliphatic heterocycles. The maximum absolute atomic E-state index is 3.88. The Labute approximate surface area is 102 Å². The quantitative estimate of drug-likeness (QED) is 0.556. The molecule has 0 aromatic heterocycles. The highest BCUT2D eigenvalue weighted by Crippen LogP contribution is 2.14. The van der Waals surface area contributed by atoms with Crippen LogP contribution in [0.2, 0.25) is 0 Å². The van der Waals surface area contributed by atoms with Crippen LogP contribution in [0.1, 0.15) is 47.5 Å². The molecule has 0 N–H and O–H groups in total. The van der Waals surface area contributed by atoms with E-state index >= 15 is 0 Å². The lowest BCUT2D eigenvalue weighted by Gasteiger charge is -2.32. The van der Waals surface area contributed by atoms with Crippen molar-refractivity contribution in [3.63, 3.8) is 0 Å². The molecule has 0 radical (unpaired) electrons. The van der Waals surface area contributed by atoms with E-state index in [1.165, 1.54) is 25.0 Å². The van der Waals surface area contributed by atoms with Crippen LogP contribution in [0.15, 0.2) is 24.3 Å². The number of nitrogens with zero attached hydrogens (tertiary/aromatic N) is 1. The van der Waals surface area contributed by atoms with E-state index in [2.05, 4.69) is 52.2 Å². The zero-order chi connectivity index (χ0) is 12.6. The molecule has 1 nitrogen and oxygen atoms in total. The lowest BCUT2D eigenvalue weighted by Crippen LogP contribution is -2.38. The first-order valence-electron chi connectivity index (χ1n) is 6.60. The molecule has 0 spiro atoms. The summed E-state index contributed by atoms with van der Waals surface area (Å²) < 4.78 is 0. The molecule has 0 aliphatic carbocycles. The van der Waals surface area contributed by atoms with Crippen LogP contribution in [0.4, 0.5) is 0 Å². The molecule has 1 heteroatoms. The summed E-state index contributed by atoms with van der Waals surface area (Å²) in [5.74, 6) is 0.725. The van der Waals surface area contributed by atoms with Crippen LogP contribution in [0.25, 0.3) is 0 Å². The third-order valence-electron chi connectivity index (χ3n) is 3.08. The van der Waals surface area contributed by atoms with Crippen molar-refractivity contribution < 1.29 is 0 Å². The van der Waals surface area contributed by atoms with Crippen molar-refractivity contribution in [2.24, 2.45) is 5.92 Å². The van der Waals surface area contributed by atoms with E-state index in [9.17, 15) is 0 Å². The van der Waals surface area contributed by atoms with Crippen molar-refractivity contribution in [1.82, 2.24) is 4.90 Å². The number of hydrogen-bond acceptors (Lipinski definition) is 1. The third-order valence-corrected chi connectivity index (χ3v) is 3.08. The first-order valence-corrected chi connectivity index (χ1v) is 6.60. The highest BCUT2D eigenvalue weighted by atomic mass is 15.2. The molecule has 0 aromatic carbocycles. The van der Waals surface area contributed by atoms with E-state index < -0.39 is 0 Å². The summed E-state index contributed by atoms with van der Waals surface area (Å²) in [6, 6.07) is 0.706. The van der Waals surface area contributed by atoms with Crippen LogP contribution in [0.3, 0.4) is 0 Å². The van der Waals surface area contributed by atoms with E-state index in [1.54, 1.807) is 0 Å². The van der Waals surface area contributed by atoms with Gasteiger partial charge in [0, 0.05) is 19.1 Å². The first-order chi connectivity index (χ1) is 7.58. The molecule has 0 aliphatic rings. The van der Waals surface area contributed by atoms with Gasteiger partial charge in [0.2, 0.25) is 0 Å². The molecule has 0 unspecified atom stereocenters. The van der Waals surface area contributed by atoms with Gasteiger partial charge in [-0.2, -0.15) is 0 Å². The van der Waals surface area contributed by atoms with Gasteiger partial charge in [0.15, 0.2) is 0 Å². The molecule has 16 heavy (non-hydrogen) atoms. The van der Waals surface area contributed by atoms with Gasteiger partial charge >= 0.3 is 0 Å². The predicted octanol–water partition coefficient (Wildman–Crippen LogP) is 4.27. The van der Waals surface area contributed by atoms with Gasteiger partial charge in [0.1, 0.15) is 0 Å². The average Bonchev–Trinajstić information content (AvgIpc) is 2.26. The van der Waals surface area contributed by atoms with Crippen molar-refractivity contribution in [2.45, 2.75) is 53.5 Å². The van der Waals surface area contributed by atoms with Gasteiger partial charge in [-0.15, -0.1) is 0 Å². The van der Waals surface area contributed by atoms with E-state index in [-0.39, 0.29) is 0 Å². The van der Waals surface area contributed by atoms with Crippen molar-refractivity contribution in [1.29, 1.82) is 0 Å². The van der Waals surface area contributed by atoms with Gasteiger partial charge in [-0.25, -0.2) is 0 Å². The van der Waals surface area contributed by atoms with Crippen molar-refractivity contribution in [3.8, 4) is 0 Å². The maximum Gasteiger partial charge on any atom is 0.0233 e. The van der Waals surface area contributed by atoms with E-state index in [0.717, 1.165) is 12.5 Å². The average molecular weight is 223 g/mol. The Morgan fingerprint density at radius 3 is 2.12 bits per heavy atom. The second-order valence-electron chi connectivity index (χ2n) is 4.86. The van der Waals surface area contributed by atoms with Crippen molar-refractivity contribution in [2.75, 3.05) is 13.1 Å². The molecule has 0 atom stereocenters. The van der Waals surface area contributed by atoms with Gasteiger partial charge in [0.05, 0.1) is 0 Å². The third kappa shape index (κ3) is 5.50. The minimum atomic E-state index is 0.706. The van der Waals surface area contributed by atoms with E-state index in [1.807, 2.05) is 6.08 Å². The van der Waals surface area contributed by atoms with Crippen LogP contribution in [0, 0.1) is 5.92 Å². The maximum atomic E-state index is 3.88.